The summed E-state index contributed by atoms with van der Waals surface area (Å²) < 4.78 is 19.0. The van der Waals surface area contributed by atoms with Crippen LogP contribution in [0.4, 0.5) is 11.4 Å². The largest absolute Gasteiger partial charge is 0.508 e. The molecule has 6 rings (SSSR count). The van der Waals surface area contributed by atoms with Gasteiger partial charge in [0.2, 0.25) is 11.7 Å². The molecule has 0 bridgehead atoms. The minimum atomic E-state index is -2.86. The summed E-state index contributed by atoms with van der Waals surface area (Å²) in [6.07, 6.45) is 5.30. The molecule has 0 fully saturated rings. The molecule has 12 nitrogen and oxygen atoms in total. The summed E-state index contributed by atoms with van der Waals surface area (Å²) in [4.78, 5) is 50.1. The van der Waals surface area contributed by atoms with E-state index in [0.717, 1.165) is 12.8 Å². The van der Waals surface area contributed by atoms with Gasteiger partial charge >= 0.3 is 0 Å². The number of phenolic OH excluding ortho intramolecular Hbond substituents is 1. The highest BCUT2D eigenvalue weighted by Gasteiger charge is 2.67. The first kappa shape index (κ1) is 36.5. The number of phenols is 1. The summed E-state index contributed by atoms with van der Waals surface area (Å²) in [5, 5.41) is 27.9. The van der Waals surface area contributed by atoms with Crippen molar-refractivity contribution in [1.29, 1.82) is 0 Å². The average molecular weight is 717 g/mol. The van der Waals surface area contributed by atoms with Gasteiger partial charge in [-0.25, -0.2) is 0 Å². The number of amides is 1. The molecule has 0 radical (unpaired) electrons. The van der Waals surface area contributed by atoms with Gasteiger partial charge in [0.05, 0.1) is 29.6 Å². The molecule has 4 atom stereocenters. The lowest BCUT2D eigenvalue weighted by molar-refractivity contribution is -0.115. The Hall–Kier alpha value is -4.33. The van der Waals surface area contributed by atoms with Crippen molar-refractivity contribution in [3.63, 3.8) is 0 Å². The van der Waals surface area contributed by atoms with Gasteiger partial charge in [0, 0.05) is 36.9 Å². The Bertz CT molecular complexity index is 1910. The van der Waals surface area contributed by atoms with Crippen LogP contribution in [0.25, 0.3) is 0 Å². The maximum atomic E-state index is 15.2. The molecule has 3 aliphatic carbocycles. The molecule has 1 aromatic carbocycles. The number of aromatic hydroxyl groups is 1. The number of ether oxygens (including phenoxy) is 1. The van der Waals surface area contributed by atoms with Crippen LogP contribution in [0.1, 0.15) is 92.0 Å². The molecule has 1 amide bonds. The van der Waals surface area contributed by atoms with E-state index in [0.29, 0.717) is 29.3 Å². The molecule has 2 N–H and O–H groups in total. The zero-order valence-corrected chi connectivity index (χ0v) is 31.9. The van der Waals surface area contributed by atoms with Gasteiger partial charge in [0.15, 0.2) is 25.5 Å². The first-order valence-electron chi connectivity index (χ1n) is 17.5. The van der Waals surface area contributed by atoms with Gasteiger partial charge < -0.3 is 23.9 Å². The minimum absolute atomic E-state index is 0.0254. The van der Waals surface area contributed by atoms with E-state index in [2.05, 4.69) is 30.9 Å². The first-order chi connectivity index (χ1) is 24.0. The van der Waals surface area contributed by atoms with E-state index >= 15 is 4.79 Å². The number of fused-ring (bicyclic) bond motifs is 4. The third kappa shape index (κ3) is 5.79. The van der Waals surface area contributed by atoms with Gasteiger partial charge in [-0.1, -0.05) is 34.1 Å². The summed E-state index contributed by atoms with van der Waals surface area (Å²) in [5.74, 6) is -3.01. The highest BCUT2D eigenvalue weighted by atomic mass is 28.4. The second-order valence-electron chi connectivity index (χ2n) is 15.7. The van der Waals surface area contributed by atoms with E-state index in [1.54, 1.807) is 30.6 Å². The lowest BCUT2D eigenvalue weighted by Gasteiger charge is -2.55. The number of benzene rings is 1. The SMILES string of the molecule is CCCCOc1noc2c1C(=O)[C@@]1(O[Si](C)(C)C(C)(C)C)C(O)=C3C(=O)c4c(O)cc(N(C(C)=O)c5ccncc5)cc4C[C@H]3C[C@H]1[C@@H]2N(C)C. The summed E-state index contributed by atoms with van der Waals surface area (Å²) in [5.41, 5.74) is -0.276. The maximum Gasteiger partial charge on any atom is 0.265 e. The molecule has 2 aromatic heterocycles. The standard InChI is InChI=1S/C38H48N4O8Si/c1-10-11-16-48-36-30-33(49-40-36)31(41(6)7)26-19-23-17-22-18-25(42(21(2)43)24-12-14-39-15-13-24)20-27(44)28(22)32(45)29(23)34(46)38(26,35(30)47)50-51(8,9)37(3,4)5/h12-15,18,20,23,26,31,44,46H,10-11,16-17,19H2,1-9H3/t23-,26-,31-,38-/m0/s1. The predicted octanol–water partition coefficient (Wildman–Crippen LogP) is 7.09. The van der Waals surface area contributed by atoms with Crippen molar-refractivity contribution in [3.8, 4) is 11.6 Å². The summed E-state index contributed by atoms with van der Waals surface area (Å²) in [7, 11) is 0.888. The monoisotopic (exact) mass is 716 g/mol. The van der Waals surface area contributed by atoms with Crippen LogP contribution in [-0.4, -0.2) is 77.3 Å². The van der Waals surface area contributed by atoms with E-state index in [1.165, 1.54) is 17.9 Å². The molecule has 272 valence electrons. The molecule has 3 aliphatic rings. The second-order valence-corrected chi connectivity index (χ2v) is 20.4. The second kappa shape index (κ2) is 13.0. The first-order valence-corrected chi connectivity index (χ1v) is 20.5. The van der Waals surface area contributed by atoms with Crippen molar-refractivity contribution in [2.45, 2.75) is 90.1 Å². The number of rotatable bonds is 9. The average Bonchev–Trinajstić information content (AvgIpc) is 3.45. The number of unbranched alkanes of at least 4 members (excludes halogenated alkanes) is 1. The molecule has 0 aliphatic heterocycles. The Labute approximate surface area is 299 Å². The van der Waals surface area contributed by atoms with E-state index < -0.39 is 49.1 Å². The van der Waals surface area contributed by atoms with Crippen LogP contribution >= 0.6 is 0 Å². The number of nitrogens with zero attached hydrogens (tertiary/aromatic N) is 4. The van der Waals surface area contributed by atoms with Crippen molar-refractivity contribution in [3.05, 3.63) is 70.4 Å². The fourth-order valence-corrected chi connectivity index (χ4v) is 9.14. The molecule has 13 heteroatoms. The maximum absolute atomic E-state index is 15.2. The van der Waals surface area contributed by atoms with E-state index in [4.69, 9.17) is 13.7 Å². The Kier molecular flexibility index (Phi) is 9.30. The quantitative estimate of drug-likeness (QED) is 0.172. The predicted molar refractivity (Wildman–Crippen MR) is 193 cm³/mol. The number of hydrogen-bond donors (Lipinski definition) is 2. The van der Waals surface area contributed by atoms with Gasteiger partial charge in [-0.15, -0.1) is 0 Å². The highest BCUT2D eigenvalue weighted by Crippen LogP contribution is 2.59. The lowest BCUT2D eigenvalue weighted by atomic mass is 9.58. The van der Waals surface area contributed by atoms with Crippen molar-refractivity contribution in [1.82, 2.24) is 15.0 Å². The fraction of sp³-hybridized carbons (Fsp3) is 0.500. The van der Waals surface area contributed by atoms with Crippen LogP contribution in [0.2, 0.25) is 18.1 Å². The summed E-state index contributed by atoms with van der Waals surface area (Å²) >= 11 is 0. The molecular formula is C38H48N4O8Si. The molecule has 0 saturated carbocycles. The Morgan fingerprint density at radius 2 is 1.78 bits per heavy atom. The third-order valence-corrected chi connectivity index (χ3v) is 15.6. The normalized spacial score (nSPS) is 23.1. The number of carbonyl (C=O) groups is 3. The number of Topliss-reactive ketones (excluding diaryl/α,β-unsaturated/α-hetero) is 2. The molecule has 0 saturated heterocycles. The zero-order valence-electron chi connectivity index (χ0n) is 30.9. The summed E-state index contributed by atoms with van der Waals surface area (Å²) in [6, 6.07) is 5.91. The number of hydrogen-bond acceptors (Lipinski definition) is 11. The number of aliphatic hydroxyl groups excluding tert-OH is 1. The number of anilines is 2. The number of pyridine rings is 1. The van der Waals surface area contributed by atoms with Gasteiger partial charge in [0.25, 0.3) is 5.88 Å². The molecule has 0 unspecified atom stereocenters. The Morgan fingerprint density at radius 1 is 1.10 bits per heavy atom. The number of aliphatic hydroxyl groups is 1. The highest BCUT2D eigenvalue weighted by molar-refractivity contribution is 6.74. The number of carbonyl (C=O) groups excluding carboxylic acids is 3. The van der Waals surface area contributed by atoms with Gasteiger partial charge in [-0.05, 0) is 86.3 Å². The van der Waals surface area contributed by atoms with Crippen molar-refractivity contribution >= 4 is 37.2 Å². The van der Waals surface area contributed by atoms with E-state index in [9.17, 15) is 19.8 Å². The van der Waals surface area contributed by atoms with Gasteiger partial charge in [0.1, 0.15) is 17.1 Å². The van der Waals surface area contributed by atoms with E-state index in [-0.39, 0.29) is 52.1 Å². The van der Waals surface area contributed by atoms with Gasteiger partial charge in [-0.3, -0.25) is 29.2 Å². The molecule has 0 spiro atoms. The molecule has 3 aromatic rings. The fourth-order valence-electron chi connectivity index (χ4n) is 7.69. The minimum Gasteiger partial charge on any atom is -0.508 e. The Morgan fingerprint density at radius 3 is 2.39 bits per heavy atom. The van der Waals surface area contributed by atoms with Gasteiger partial charge in [-0.2, -0.15) is 0 Å². The topological polar surface area (TPSA) is 156 Å². The number of aromatic nitrogens is 2. The van der Waals surface area contributed by atoms with Crippen LogP contribution in [0.15, 0.2) is 52.5 Å². The van der Waals surface area contributed by atoms with Crippen molar-refractivity contribution in [2.24, 2.45) is 11.8 Å². The van der Waals surface area contributed by atoms with Crippen LogP contribution in [-0.2, 0) is 15.6 Å². The van der Waals surface area contributed by atoms with Crippen molar-refractivity contribution in [2.75, 3.05) is 25.6 Å². The van der Waals surface area contributed by atoms with E-state index in [1.807, 2.05) is 39.0 Å². The molecule has 51 heavy (non-hydrogen) atoms. The van der Waals surface area contributed by atoms with Crippen molar-refractivity contribution < 1.29 is 38.3 Å². The van der Waals surface area contributed by atoms with Crippen LogP contribution in [0.5, 0.6) is 11.6 Å². The number of ketones is 2. The Balaban J connectivity index is 1.56. The number of allylic oxidation sites excluding steroid dienone is 1. The smallest absolute Gasteiger partial charge is 0.265 e. The molecule has 2 heterocycles. The zero-order chi connectivity index (χ0) is 37.2. The third-order valence-electron chi connectivity index (χ3n) is 11.1. The molecular weight excluding hydrogens is 669 g/mol. The lowest BCUT2D eigenvalue weighted by Crippen LogP contribution is -2.65. The van der Waals surface area contributed by atoms with Crippen LogP contribution in [0, 0.1) is 11.8 Å². The summed E-state index contributed by atoms with van der Waals surface area (Å²) in [6.45, 7) is 13.9. The van der Waals surface area contributed by atoms with Crippen LogP contribution < -0.4 is 9.64 Å². The van der Waals surface area contributed by atoms with Crippen LogP contribution in [0.3, 0.4) is 0 Å².